The highest BCUT2D eigenvalue weighted by atomic mass is 16.1. The highest BCUT2D eigenvalue weighted by molar-refractivity contribution is 5.95. The molecule has 0 saturated heterocycles. The normalized spacial score (nSPS) is 12.6. The molecule has 0 aliphatic rings. The van der Waals surface area contributed by atoms with Gasteiger partial charge in [0.2, 0.25) is 0 Å². The van der Waals surface area contributed by atoms with Crippen molar-refractivity contribution in [3.8, 4) is 0 Å². The van der Waals surface area contributed by atoms with E-state index in [4.69, 9.17) is 5.10 Å². The Morgan fingerprint density at radius 3 is 2.32 bits per heavy atom. The quantitative estimate of drug-likeness (QED) is 0.499. The molecular formula is C26H28N4O. The van der Waals surface area contributed by atoms with Gasteiger partial charge in [0.15, 0.2) is 5.65 Å². The van der Waals surface area contributed by atoms with E-state index in [1.54, 1.807) is 10.7 Å². The Balaban J connectivity index is 1.65. The monoisotopic (exact) mass is 412 g/mol. The van der Waals surface area contributed by atoms with Crippen molar-refractivity contribution in [2.24, 2.45) is 0 Å². The lowest BCUT2D eigenvalue weighted by molar-refractivity contribution is 0.0935. The van der Waals surface area contributed by atoms with Crippen LogP contribution in [0, 0.1) is 6.92 Å². The minimum Gasteiger partial charge on any atom is -0.345 e. The second-order valence-corrected chi connectivity index (χ2v) is 8.93. The summed E-state index contributed by atoms with van der Waals surface area (Å²) in [5.74, 6) is -0.149. The number of nitrogens with one attached hydrogen (secondary N) is 1. The maximum Gasteiger partial charge on any atom is 0.255 e. The number of rotatable bonds is 5. The molecule has 0 aliphatic heterocycles. The van der Waals surface area contributed by atoms with E-state index >= 15 is 0 Å². The highest BCUT2D eigenvalue weighted by Crippen LogP contribution is 2.23. The van der Waals surface area contributed by atoms with E-state index < -0.39 is 0 Å². The first-order valence-electron chi connectivity index (χ1n) is 10.6. The molecule has 1 unspecified atom stereocenters. The molecule has 2 aromatic heterocycles. The number of amides is 1. The second-order valence-electron chi connectivity index (χ2n) is 8.93. The average Bonchev–Trinajstić information content (AvgIpc) is 3.21. The van der Waals surface area contributed by atoms with Gasteiger partial charge in [-0.25, -0.2) is 9.50 Å². The van der Waals surface area contributed by atoms with Crippen LogP contribution in [-0.2, 0) is 11.8 Å². The molecule has 4 rings (SSSR count). The van der Waals surface area contributed by atoms with Crippen LogP contribution in [-0.4, -0.2) is 20.5 Å². The number of fused-ring (bicyclic) bond motifs is 1. The molecule has 4 aromatic rings. The fraction of sp³-hybridized carbons (Fsp3) is 0.269. The number of carbonyl (C=O) groups is 1. The van der Waals surface area contributed by atoms with Crippen LogP contribution in [0.15, 0.2) is 72.9 Å². The van der Waals surface area contributed by atoms with Gasteiger partial charge in [-0.2, -0.15) is 5.10 Å². The maximum atomic E-state index is 13.3. The lowest BCUT2D eigenvalue weighted by atomic mass is 9.93. The predicted octanol–water partition coefficient (Wildman–Crippen LogP) is 5.05. The summed E-state index contributed by atoms with van der Waals surface area (Å²) in [6, 6.07) is 22.1. The zero-order chi connectivity index (χ0) is 22.0. The zero-order valence-electron chi connectivity index (χ0n) is 18.5. The number of hydrogen-bond acceptors (Lipinski definition) is 3. The second kappa shape index (κ2) is 8.34. The fourth-order valence-corrected chi connectivity index (χ4v) is 3.66. The molecule has 5 nitrogen and oxygen atoms in total. The lowest BCUT2D eigenvalue weighted by Crippen LogP contribution is -2.31. The van der Waals surface area contributed by atoms with Gasteiger partial charge in [0, 0.05) is 17.7 Å². The van der Waals surface area contributed by atoms with Crippen LogP contribution < -0.4 is 5.32 Å². The van der Waals surface area contributed by atoms with Gasteiger partial charge in [-0.3, -0.25) is 4.79 Å². The first kappa shape index (κ1) is 20.8. The van der Waals surface area contributed by atoms with Crippen molar-refractivity contribution in [2.75, 3.05) is 0 Å². The number of aromatic nitrogens is 3. The molecule has 1 atom stereocenters. The average molecular weight is 413 g/mol. The number of benzene rings is 2. The first-order chi connectivity index (χ1) is 14.8. The van der Waals surface area contributed by atoms with Crippen molar-refractivity contribution < 1.29 is 4.79 Å². The smallest absolute Gasteiger partial charge is 0.255 e. The molecule has 0 saturated carbocycles. The zero-order valence-corrected chi connectivity index (χ0v) is 18.5. The van der Waals surface area contributed by atoms with E-state index in [2.05, 4.69) is 43.2 Å². The standard InChI is InChI=1S/C26H28N4O/c1-18-21(17-27-24-16-23(26(2,3)4)29-30(18)24)25(31)28-22(20-13-9-6-10-14-20)15-19-11-7-5-8-12-19/h5-14,16-17,22H,15H2,1-4H3,(H,28,31). The molecule has 31 heavy (non-hydrogen) atoms. The summed E-state index contributed by atoms with van der Waals surface area (Å²) < 4.78 is 1.77. The third-order valence-electron chi connectivity index (χ3n) is 5.53. The van der Waals surface area contributed by atoms with Crippen molar-refractivity contribution >= 4 is 11.6 Å². The van der Waals surface area contributed by atoms with E-state index in [0.29, 0.717) is 12.0 Å². The molecule has 0 fully saturated rings. The van der Waals surface area contributed by atoms with Gasteiger partial charge < -0.3 is 5.32 Å². The lowest BCUT2D eigenvalue weighted by Gasteiger charge is -2.20. The molecule has 0 radical (unpaired) electrons. The number of nitrogens with zero attached hydrogens (tertiary/aromatic N) is 3. The van der Waals surface area contributed by atoms with Crippen LogP contribution in [0.1, 0.15) is 59.7 Å². The number of aryl methyl sites for hydroxylation is 1. The van der Waals surface area contributed by atoms with Crippen molar-refractivity contribution in [2.45, 2.75) is 45.6 Å². The van der Waals surface area contributed by atoms with Crippen molar-refractivity contribution in [3.05, 3.63) is 101 Å². The summed E-state index contributed by atoms with van der Waals surface area (Å²) >= 11 is 0. The van der Waals surface area contributed by atoms with Crippen LogP contribution in [0.4, 0.5) is 0 Å². The van der Waals surface area contributed by atoms with Crippen molar-refractivity contribution in [3.63, 3.8) is 0 Å². The van der Waals surface area contributed by atoms with Crippen molar-refractivity contribution in [1.29, 1.82) is 0 Å². The SMILES string of the molecule is Cc1c(C(=O)NC(Cc2ccccc2)c2ccccc2)cnc2cc(C(C)(C)C)nn12. The summed E-state index contributed by atoms with van der Waals surface area (Å²) in [7, 11) is 0. The number of carbonyl (C=O) groups excluding carboxylic acids is 1. The van der Waals surface area contributed by atoms with E-state index in [1.165, 1.54) is 5.56 Å². The molecule has 2 aromatic carbocycles. The van der Waals surface area contributed by atoms with Crippen LogP contribution >= 0.6 is 0 Å². The largest absolute Gasteiger partial charge is 0.345 e. The first-order valence-corrected chi connectivity index (χ1v) is 10.6. The van der Waals surface area contributed by atoms with Gasteiger partial charge in [0.05, 0.1) is 23.0 Å². The molecular weight excluding hydrogens is 384 g/mol. The molecule has 0 aliphatic carbocycles. The molecule has 1 N–H and O–H groups in total. The van der Waals surface area contributed by atoms with Crippen LogP contribution in [0.3, 0.4) is 0 Å². The summed E-state index contributed by atoms with van der Waals surface area (Å²) in [4.78, 5) is 17.8. The van der Waals surface area contributed by atoms with Gasteiger partial charge in [0.25, 0.3) is 5.91 Å². The maximum absolute atomic E-state index is 13.3. The van der Waals surface area contributed by atoms with E-state index in [1.807, 2.05) is 61.5 Å². The Morgan fingerprint density at radius 1 is 1.03 bits per heavy atom. The Kier molecular flexibility index (Phi) is 5.59. The van der Waals surface area contributed by atoms with Gasteiger partial charge >= 0.3 is 0 Å². The third kappa shape index (κ3) is 4.50. The van der Waals surface area contributed by atoms with Gasteiger partial charge in [-0.1, -0.05) is 81.4 Å². The van der Waals surface area contributed by atoms with Gasteiger partial charge in [0.1, 0.15) is 0 Å². The topological polar surface area (TPSA) is 59.3 Å². The Labute approximate surface area is 183 Å². The van der Waals surface area contributed by atoms with Gasteiger partial charge in [-0.15, -0.1) is 0 Å². The summed E-state index contributed by atoms with van der Waals surface area (Å²) in [5, 5.41) is 7.93. The molecule has 158 valence electrons. The van der Waals surface area contributed by atoms with E-state index in [-0.39, 0.29) is 17.4 Å². The minimum atomic E-state index is -0.149. The highest BCUT2D eigenvalue weighted by Gasteiger charge is 2.22. The third-order valence-corrected chi connectivity index (χ3v) is 5.53. The van der Waals surface area contributed by atoms with Gasteiger partial charge in [-0.05, 0) is 24.5 Å². The van der Waals surface area contributed by atoms with Crippen molar-refractivity contribution in [1.82, 2.24) is 19.9 Å². The van der Waals surface area contributed by atoms with Crippen LogP contribution in [0.25, 0.3) is 5.65 Å². The molecule has 2 heterocycles. The fourth-order valence-electron chi connectivity index (χ4n) is 3.66. The van der Waals surface area contributed by atoms with Crippen LogP contribution in [0.2, 0.25) is 0 Å². The van der Waals surface area contributed by atoms with E-state index in [0.717, 1.165) is 22.6 Å². The minimum absolute atomic E-state index is 0.0867. The number of hydrogen-bond donors (Lipinski definition) is 1. The van der Waals surface area contributed by atoms with E-state index in [9.17, 15) is 4.79 Å². The molecule has 5 heteroatoms. The predicted molar refractivity (Wildman–Crippen MR) is 123 cm³/mol. The summed E-state index contributed by atoms with van der Waals surface area (Å²) in [6.45, 7) is 8.26. The molecule has 0 bridgehead atoms. The van der Waals surface area contributed by atoms with Crippen LogP contribution in [0.5, 0.6) is 0 Å². The summed E-state index contributed by atoms with van der Waals surface area (Å²) in [6.07, 6.45) is 2.36. The molecule has 1 amide bonds. The Hall–Kier alpha value is -3.47. The summed E-state index contributed by atoms with van der Waals surface area (Å²) in [5.41, 5.74) is 5.17. The molecule has 0 spiro atoms. The Bertz CT molecular complexity index is 1190. The Morgan fingerprint density at radius 2 is 1.68 bits per heavy atom.